The fraction of sp³-hybridized carbons (Fsp3) is 0.450. The van der Waals surface area contributed by atoms with E-state index in [1.807, 2.05) is 13.1 Å². The first-order valence-corrected chi connectivity index (χ1v) is 10.6. The highest BCUT2D eigenvalue weighted by Gasteiger charge is 2.22. The van der Waals surface area contributed by atoms with E-state index >= 15 is 0 Å². The Morgan fingerprint density at radius 3 is 2.26 bits per heavy atom. The summed E-state index contributed by atoms with van der Waals surface area (Å²) in [6.07, 6.45) is 4.45. The van der Waals surface area contributed by atoms with Gasteiger partial charge in [-0.15, -0.1) is 11.3 Å². The van der Waals surface area contributed by atoms with Gasteiger partial charge in [0.1, 0.15) is 23.3 Å². The molecule has 7 heteroatoms. The number of aromatic nitrogens is 3. The number of pyridine rings is 1. The molecule has 6 nitrogen and oxygen atoms in total. The van der Waals surface area contributed by atoms with Crippen molar-refractivity contribution >= 4 is 38.9 Å². The van der Waals surface area contributed by atoms with Crippen molar-refractivity contribution in [2.24, 2.45) is 0 Å². The minimum atomic E-state index is 0.863. The van der Waals surface area contributed by atoms with Gasteiger partial charge < -0.3 is 14.7 Å². The first kappa shape index (κ1) is 16.7. The van der Waals surface area contributed by atoms with Crippen LogP contribution in [-0.2, 0) is 0 Å². The van der Waals surface area contributed by atoms with Gasteiger partial charge in [-0.05, 0) is 37.3 Å². The highest BCUT2D eigenvalue weighted by Crippen LogP contribution is 2.30. The van der Waals surface area contributed by atoms with Crippen LogP contribution in [0, 0.1) is 6.92 Å². The Balaban J connectivity index is 1.34. The lowest BCUT2D eigenvalue weighted by molar-refractivity contribution is 0.641. The lowest BCUT2D eigenvalue weighted by Crippen LogP contribution is -2.47. The molecule has 0 bridgehead atoms. The number of fused-ring (bicyclic) bond motifs is 1. The molecular formula is C20H24N6S. The van der Waals surface area contributed by atoms with Gasteiger partial charge in [0.05, 0.1) is 0 Å². The number of piperazine rings is 1. The van der Waals surface area contributed by atoms with Crippen molar-refractivity contribution < 1.29 is 0 Å². The van der Waals surface area contributed by atoms with Gasteiger partial charge in [0.2, 0.25) is 0 Å². The second-order valence-corrected chi connectivity index (χ2v) is 8.21. The Morgan fingerprint density at radius 2 is 1.52 bits per heavy atom. The maximum Gasteiger partial charge on any atom is 0.137 e. The molecule has 0 N–H and O–H groups in total. The zero-order valence-corrected chi connectivity index (χ0v) is 16.5. The van der Waals surface area contributed by atoms with Crippen molar-refractivity contribution in [3.63, 3.8) is 0 Å². The third-order valence-electron chi connectivity index (χ3n) is 5.50. The first-order chi connectivity index (χ1) is 13.3. The number of thiophene rings is 1. The molecule has 0 saturated carbocycles. The summed E-state index contributed by atoms with van der Waals surface area (Å²) in [5.74, 6) is 4.12. The average molecular weight is 381 g/mol. The molecule has 0 radical (unpaired) electrons. The fourth-order valence-electron chi connectivity index (χ4n) is 4.09. The molecule has 0 unspecified atom stereocenters. The lowest BCUT2D eigenvalue weighted by Gasteiger charge is -2.36. The standard InChI is InChI=1S/C20H24N6S/c1-15-22-18(24-7-2-3-8-24)14-19(23-15)25-9-11-26(12-10-25)20-16-5-13-27-17(16)4-6-21-20/h4-6,13-14H,2-3,7-12H2,1H3. The molecule has 0 aromatic carbocycles. The second kappa shape index (κ2) is 6.96. The fourth-order valence-corrected chi connectivity index (χ4v) is 4.86. The molecule has 5 heterocycles. The molecule has 0 spiro atoms. The van der Waals surface area contributed by atoms with E-state index in [2.05, 4.69) is 48.2 Å². The predicted molar refractivity (Wildman–Crippen MR) is 112 cm³/mol. The second-order valence-electron chi connectivity index (χ2n) is 7.27. The molecule has 3 aromatic heterocycles. The van der Waals surface area contributed by atoms with Crippen LogP contribution in [0.1, 0.15) is 18.7 Å². The normalized spacial score (nSPS) is 17.9. The molecule has 27 heavy (non-hydrogen) atoms. The average Bonchev–Trinajstić information content (AvgIpc) is 3.39. The minimum Gasteiger partial charge on any atom is -0.356 e. The summed E-state index contributed by atoms with van der Waals surface area (Å²) in [5.41, 5.74) is 0. The Labute approximate surface area is 163 Å². The minimum absolute atomic E-state index is 0.863. The van der Waals surface area contributed by atoms with Crippen LogP contribution in [0.5, 0.6) is 0 Å². The monoisotopic (exact) mass is 380 g/mol. The topological polar surface area (TPSA) is 48.4 Å². The van der Waals surface area contributed by atoms with Crippen molar-refractivity contribution in [3.05, 3.63) is 35.6 Å². The van der Waals surface area contributed by atoms with Crippen LogP contribution in [0.2, 0.25) is 0 Å². The molecule has 140 valence electrons. The highest BCUT2D eigenvalue weighted by molar-refractivity contribution is 7.17. The Kier molecular flexibility index (Phi) is 4.32. The van der Waals surface area contributed by atoms with Gasteiger partial charge in [-0.1, -0.05) is 0 Å². The van der Waals surface area contributed by atoms with Gasteiger partial charge in [-0.2, -0.15) is 0 Å². The van der Waals surface area contributed by atoms with Crippen LogP contribution in [-0.4, -0.2) is 54.2 Å². The Bertz CT molecular complexity index is 941. The van der Waals surface area contributed by atoms with Gasteiger partial charge in [-0.25, -0.2) is 15.0 Å². The highest BCUT2D eigenvalue weighted by atomic mass is 32.1. The van der Waals surface area contributed by atoms with Gasteiger partial charge in [-0.3, -0.25) is 0 Å². The largest absolute Gasteiger partial charge is 0.356 e. The first-order valence-electron chi connectivity index (χ1n) is 9.71. The van der Waals surface area contributed by atoms with Crippen molar-refractivity contribution in [3.8, 4) is 0 Å². The van der Waals surface area contributed by atoms with Crippen molar-refractivity contribution in [2.45, 2.75) is 19.8 Å². The van der Waals surface area contributed by atoms with Gasteiger partial charge in [0, 0.05) is 61.6 Å². The molecular weight excluding hydrogens is 356 g/mol. The van der Waals surface area contributed by atoms with E-state index in [0.717, 1.165) is 62.5 Å². The third kappa shape index (κ3) is 3.20. The van der Waals surface area contributed by atoms with Gasteiger partial charge >= 0.3 is 0 Å². The van der Waals surface area contributed by atoms with Crippen LogP contribution in [0.15, 0.2) is 29.8 Å². The lowest BCUT2D eigenvalue weighted by atomic mass is 10.2. The Morgan fingerprint density at radius 1 is 0.852 bits per heavy atom. The number of hydrogen-bond donors (Lipinski definition) is 0. The summed E-state index contributed by atoms with van der Waals surface area (Å²) < 4.78 is 1.31. The van der Waals surface area contributed by atoms with E-state index in [9.17, 15) is 0 Å². The van der Waals surface area contributed by atoms with Gasteiger partial charge in [0.25, 0.3) is 0 Å². The van der Waals surface area contributed by atoms with Gasteiger partial charge in [0.15, 0.2) is 0 Å². The van der Waals surface area contributed by atoms with Crippen LogP contribution in [0.3, 0.4) is 0 Å². The maximum absolute atomic E-state index is 4.72. The van der Waals surface area contributed by atoms with Crippen LogP contribution in [0.25, 0.3) is 10.1 Å². The number of rotatable bonds is 3. The zero-order valence-electron chi connectivity index (χ0n) is 15.6. The molecule has 2 saturated heterocycles. The van der Waals surface area contributed by atoms with Crippen LogP contribution >= 0.6 is 11.3 Å². The summed E-state index contributed by atoms with van der Waals surface area (Å²) in [5, 5.41) is 3.42. The van der Waals surface area contributed by atoms with Crippen LogP contribution < -0.4 is 14.7 Å². The van der Waals surface area contributed by atoms with E-state index in [0.29, 0.717) is 0 Å². The van der Waals surface area contributed by atoms with Crippen molar-refractivity contribution in [1.29, 1.82) is 0 Å². The Hall–Kier alpha value is -2.41. The zero-order chi connectivity index (χ0) is 18.2. The van der Waals surface area contributed by atoms with E-state index in [-0.39, 0.29) is 0 Å². The number of hydrogen-bond acceptors (Lipinski definition) is 7. The van der Waals surface area contributed by atoms with Crippen molar-refractivity contribution in [2.75, 3.05) is 54.0 Å². The summed E-state index contributed by atoms with van der Waals surface area (Å²) in [6.45, 7) is 8.06. The molecule has 5 rings (SSSR count). The SMILES string of the molecule is Cc1nc(N2CCCC2)cc(N2CCN(c3nccc4sccc34)CC2)n1. The molecule has 0 aliphatic carbocycles. The van der Waals surface area contributed by atoms with E-state index in [4.69, 9.17) is 4.98 Å². The molecule has 0 amide bonds. The molecule has 0 atom stereocenters. The number of aryl methyl sites for hydroxylation is 1. The van der Waals surface area contributed by atoms with E-state index in [1.165, 1.54) is 22.9 Å². The molecule has 3 aromatic rings. The summed E-state index contributed by atoms with van der Waals surface area (Å²) >= 11 is 1.78. The molecule has 2 aliphatic rings. The smallest absolute Gasteiger partial charge is 0.137 e. The van der Waals surface area contributed by atoms with Crippen molar-refractivity contribution in [1.82, 2.24) is 15.0 Å². The summed E-state index contributed by atoms with van der Waals surface area (Å²) in [7, 11) is 0. The number of nitrogens with zero attached hydrogens (tertiary/aromatic N) is 6. The summed E-state index contributed by atoms with van der Waals surface area (Å²) in [4.78, 5) is 21.2. The van der Waals surface area contributed by atoms with E-state index in [1.54, 1.807) is 11.3 Å². The predicted octanol–water partition coefficient (Wildman–Crippen LogP) is 3.32. The molecule has 2 aliphatic heterocycles. The molecule has 2 fully saturated rings. The summed E-state index contributed by atoms with van der Waals surface area (Å²) in [6, 6.07) is 6.46. The quantitative estimate of drug-likeness (QED) is 0.695. The number of anilines is 3. The maximum atomic E-state index is 4.72. The third-order valence-corrected chi connectivity index (χ3v) is 6.39. The van der Waals surface area contributed by atoms with E-state index < -0.39 is 0 Å². The van der Waals surface area contributed by atoms with Crippen LogP contribution in [0.4, 0.5) is 17.5 Å².